The number of hydrogen-bond acceptors (Lipinski definition) is 6. The number of Topliss-reactive ketones (excluding diaryl/α,β-unsaturated/α-hetero) is 1. The zero-order valence-corrected chi connectivity index (χ0v) is 22.9. The van der Waals surface area contributed by atoms with Crippen LogP contribution < -0.4 is 9.64 Å². The van der Waals surface area contributed by atoms with Gasteiger partial charge in [0.05, 0.1) is 27.9 Å². The lowest BCUT2D eigenvalue weighted by Gasteiger charge is -2.24. The van der Waals surface area contributed by atoms with E-state index in [0.717, 1.165) is 21.3 Å². The second kappa shape index (κ2) is 9.72. The smallest absolute Gasteiger partial charge is 0.301 e. The summed E-state index contributed by atoms with van der Waals surface area (Å²) in [5.74, 6) is -1.03. The number of fused-ring (bicyclic) bond motifs is 1. The normalized spacial score (nSPS) is 17.5. The van der Waals surface area contributed by atoms with Gasteiger partial charge in [-0.2, -0.15) is 0 Å². The average Bonchev–Trinajstić information content (AvgIpc) is 3.41. The standard InChI is InChI=1S/C31H30N2O4S/c1-18(2)37-22-16-12-20(13-17-22)27(34)25-26(19-10-14-21(15-11-19)31(3,4)5)33(29(36)28(25)35)30-32-23-8-6-7-9-24(23)38-30/h6-18,26,34H,1-5H3/b27-25+. The van der Waals surface area contributed by atoms with Gasteiger partial charge in [0, 0.05) is 5.56 Å². The molecule has 0 saturated carbocycles. The summed E-state index contributed by atoms with van der Waals surface area (Å²) in [5.41, 5.74) is 3.00. The van der Waals surface area contributed by atoms with Crippen LogP contribution in [-0.2, 0) is 15.0 Å². The number of ketones is 1. The number of anilines is 1. The molecule has 1 aliphatic heterocycles. The van der Waals surface area contributed by atoms with E-state index in [1.54, 1.807) is 24.3 Å². The summed E-state index contributed by atoms with van der Waals surface area (Å²) in [6.07, 6.45) is 0.00431. The zero-order chi connectivity index (χ0) is 27.2. The third-order valence-corrected chi connectivity index (χ3v) is 7.56. The SMILES string of the molecule is CC(C)Oc1ccc(/C(O)=C2\C(=O)C(=O)N(c3nc4ccccc4s3)C2c2ccc(C(C)(C)C)cc2)cc1. The topological polar surface area (TPSA) is 79.7 Å². The monoisotopic (exact) mass is 526 g/mol. The van der Waals surface area contributed by atoms with Gasteiger partial charge in [-0.05, 0) is 66.8 Å². The Morgan fingerprint density at radius 3 is 2.24 bits per heavy atom. The first kappa shape index (κ1) is 25.7. The lowest BCUT2D eigenvalue weighted by Crippen LogP contribution is -2.29. The fraction of sp³-hybridized carbons (Fsp3) is 0.258. The van der Waals surface area contributed by atoms with Crippen LogP contribution in [0.2, 0.25) is 0 Å². The Bertz CT molecular complexity index is 1510. The molecule has 1 saturated heterocycles. The number of nitrogens with zero attached hydrogens (tertiary/aromatic N) is 2. The number of benzene rings is 3. The minimum atomic E-state index is -0.823. The molecule has 0 radical (unpaired) electrons. The summed E-state index contributed by atoms with van der Waals surface area (Å²) in [7, 11) is 0. The first-order valence-corrected chi connectivity index (χ1v) is 13.4. The van der Waals surface area contributed by atoms with Crippen molar-refractivity contribution in [2.45, 2.75) is 52.2 Å². The molecule has 1 amide bonds. The summed E-state index contributed by atoms with van der Waals surface area (Å²) >= 11 is 1.34. The van der Waals surface area contributed by atoms with Crippen LogP contribution in [0.3, 0.4) is 0 Å². The maximum atomic E-state index is 13.5. The molecule has 1 N–H and O–H groups in total. The van der Waals surface area contributed by atoms with Gasteiger partial charge in [-0.1, -0.05) is 68.5 Å². The van der Waals surface area contributed by atoms with Crippen molar-refractivity contribution in [3.8, 4) is 5.75 Å². The molecule has 6 nitrogen and oxygen atoms in total. The summed E-state index contributed by atoms with van der Waals surface area (Å²) in [6, 6.07) is 21.5. The molecule has 0 spiro atoms. The highest BCUT2D eigenvalue weighted by Crippen LogP contribution is 2.44. The molecule has 5 rings (SSSR count). The molecule has 1 unspecified atom stereocenters. The van der Waals surface area contributed by atoms with E-state index < -0.39 is 17.7 Å². The number of hydrogen-bond donors (Lipinski definition) is 1. The van der Waals surface area contributed by atoms with Crippen molar-refractivity contribution in [3.05, 3.63) is 95.1 Å². The van der Waals surface area contributed by atoms with Gasteiger partial charge in [-0.25, -0.2) is 4.98 Å². The van der Waals surface area contributed by atoms with Crippen LogP contribution in [0.15, 0.2) is 78.4 Å². The van der Waals surface area contributed by atoms with Gasteiger partial charge in [0.25, 0.3) is 5.78 Å². The molecule has 194 valence electrons. The molecule has 0 bridgehead atoms. The van der Waals surface area contributed by atoms with Crippen LogP contribution >= 0.6 is 11.3 Å². The molecule has 0 aliphatic carbocycles. The number of aliphatic hydroxyl groups is 1. The van der Waals surface area contributed by atoms with E-state index in [9.17, 15) is 14.7 Å². The number of aliphatic hydroxyl groups excluding tert-OH is 1. The minimum absolute atomic E-state index is 0.00431. The molecule has 1 atom stereocenters. The second-order valence-electron chi connectivity index (χ2n) is 10.7. The van der Waals surface area contributed by atoms with Crippen molar-refractivity contribution in [2.75, 3.05) is 4.90 Å². The number of amides is 1. The molecular formula is C31H30N2O4S. The maximum absolute atomic E-state index is 13.5. The van der Waals surface area contributed by atoms with E-state index >= 15 is 0 Å². The number of ether oxygens (including phenoxy) is 1. The van der Waals surface area contributed by atoms with Gasteiger partial charge < -0.3 is 9.84 Å². The molecule has 1 fully saturated rings. The van der Waals surface area contributed by atoms with Gasteiger partial charge in [-0.3, -0.25) is 14.5 Å². The van der Waals surface area contributed by atoms with E-state index in [-0.39, 0.29) is 22.9 Å². The van der Waals surface area contributed by atoms with Crippen molar-refractivity contribution in [1.82, 2.24) is 4.98 Å². The molecule has 1 aliphatic rings. The average molecular weight is 527 g/mol. The van der Waals surface area contributed by atoms with Crippen molar-refractivity contribution >= 4 is 44.1 Å². The Labute approximate surface area is 226 Å². The van der Waals surface area contributed by atoms with Crippen LogP contribution in [0.4, 0.5) is 5.13 Å². The van der Waals surface area contributed by atoms with E-state index in [1.807, 2.05) is 62.4 Å². The van der Waals surface area contributed by atoms with Crippen LogP contribution in [0.1, 0.15) is 57.4 Å². The van der Waals surface area contributed by atoms with Crippen molar-refractivity contribution in [1.29, 1.82) is 0 Å². The summed E-state index contributed by atoms with van der Waals surface area (Å²) in [4.78, 5) is 33.1. The highest BCUT2D eigenvalue weighted by Gasteiger charge is 2.48. The third kappa shape index (κ3) is 4.70. The number of para-hydroxylation sites is 1. The summed E-state index contributed by atoms with van der Waals surface area (Å²) in [5, 5.41) is 11.8. The largest absolute Gasteiger partial charge is 0.507 e. The molecule has 7 heteroatoms. The second-order valence-corrected chi connectivity index (χ2v) is 11.7. The van der Waals surface area contributed by atoms with E-state index in [1.165, 1.54) is 16.2 Å². The van der Waals surface area contributed by atoms with Gasteiger partial charge in [0.1, 0.15) is 11.5 Å². The van der Waals surface area contributed by atoms with Crippen molar-refractivity contribution in [2.24, 2.45) is 0 Å². The van der Waals surface area contributed by atoms with Crippen molar-refractivity contribution < 1.29 is 19.4 Å². The molecular weight excluding hydrogens is 496 g/mol. The molecule has 3 aromatic carbocycles. The van der Waals surface area contributed by atoms with E-state index in [4.69, 9.17) is 4.74 Å². The van der Waals surface area contributed by atoms with Crippen LogP contribution in [0, 0.1) is 0 Å². The number of carbonyl (C=O) groups excluding carboxylic acids is 2. The Morgan fingerprint density at radius 2 is 1.63 bits per heavy atom. The van der Waals surface area contributed by atoms with Crippen LogP contribution in [-0.4, -0.2) is 27.9 Å². The fourth-order valence-electron chi connectivity index (χ4n) is 4.59. The molecule has 4 aromatic rings. The predicted molar refractivity (Wildman–Crippen MR) is 152 cm³/mol. The number of aromatic nitrogens is 1. The Hall–Kier alpha value is -3.97. The zero-order valence-electron chi connectivity index (χ0n) is 22.1. The Morgan fingerprint density at radius 1 is 0.974 bits per heavy atom. The van der Waals surface area contributed by atoms with E-state index in [2.05, 4.69) is 25.8 Å². The molecule has 1 aromatic heterocycles. The van der Waals surface area contributed by atoms with Crippen LogP contribution in [0.25, 0.3) is 16.0 Å². The highest BCUT2D eigenvalue weighted by molar-refractivity contribution is 7.22. The Balaban J connectivity index is 1.66. The van der Waals surface area contributed by atoms with Gasteiger partial charge in [0.2, 0.25) is 0 Å². The first-order chi connectivity index (χ1) is 18.0. The lowest BCUT2D eigenvalue weighted by atomic mass is 9.85. The number of thiazole rings is 1. The van der Waals surface area contributed by atoms with Gasteiger partial charge in [-0.15, -0.1) is 0 Å². The summed E-state index contributed by atoms with van der Waals surface area (Å²) < 4.78 is 6.62. The first-order valence-electron chi connectivity index (χ1n) is 12.6. The van der Waals surface area contributed by atoms with Crippen molar-refractivity contribution in [3.63, 3.8) is 0 Å². The third-order valence-electron chi connectivity index (χ3n) is 6.53. The lowest BCUT2D eigenvalue weighted by molar-refractivity contribution is -0.132. The highest BCUT2D eigenvalue weighted by atomic mass is 32.1. The quantitative estimate of drug-likeness (QED) is 0.172. The maximum Gasteiger partial charge on any atom is 0.301 e. The number of rotatable bonds is 5. The minimum Gasteiger partial charge on any atom is -0.507 e. The summed E-state index contributed by atoms with van der Waals surface area (Å²) in [6.45, 7) is 10.2. The van der Waals surface area contributed by atoms with E-state index in [0.29, 0.717) is 16.4 Å². The van der Waals surface area contributed by atoms with Gasteiger partial charge in [0.15, 0.2) is 5.13 Å². The van der Waals surface area contributed by atoms with Crippen LogP contribution in [0.5, 0.6) is 5.75 Å². The predicted octanol–water partition coefficient (Wildman–Crippen LogP) is 7.01. The fourth-order valence-corrected chi connectivity index (χ4v) is 5.58. The molecule has 2 heterocycles. The Kier molecular flexibility index (Phi) is 6.57. The molecule has 38 heavy (non-hydrogen) atoms. The van der Waals surface area contributed by atoms with Gasteiger partial charge >= 0.3 is 5.91 Å². The number of carbonyl (C=O) groups is 2.